The van der Waals surface area contributed by atoms with E-state index in [2.05, 4.69) is 49.3 Å². The third kappa shape index (κ3) is 3.00. The van der Waals surface area contributed by atoms with Gasteiger partial charge >= 0.3 is 0 Å². The molecule has 0 fully saturated rings. The number of nitrogens with one attached hydrogen (secondary N) is 1. The number of halogens is 2. The van der Waals surface area contributed by atoms with Gasteiger partial charge < -0.3 is 5.32 Å². The summed E-state index contributed by atoms with van der Waals surface area (Å²) in [5.41, 5.74) is 3.98. The number of fused-ring (bicyclic) bond motifs is 2. The lowest BCUT2D eigenvalue weighted by Crippen LogP contribution is -2.24. The van der Waals surface area contributed by atoms with Crippen LogP contribution in [0, 0.1) is 6.92 Å². The number of aryl methyl sites for hydroxylation is 1. The van der Waals surface area contributed by atoms with Crippen molar-refractivity contribution in [1.82, 2.24) is 14.8 Å². The molecule has 5 rings (SSSR count). The zero-order valence-electron chi connectivity index (χ0n) is 14.7. The summed E-state index contributed by atoms with van der Waals surface area (Å²) in [6.45, 7) is 1.99. The zero-order valence-corrected chi connectivity index (χ0v) is 18.7. The van der Waals surface area contributed by atoms with Crippen molar-refractivity contribution in [2.75, 3.05) is 5.32 Å². The molecule has 1 N–H and O–H groups in total. The van der Waals surface area contributed by atoms with Crippen molar-refractivity contribution in [2.45, 2.75) is 19.3 Å². The fraction of sp³-hybridized carbons (Fsp3) is 0.150. The molecule has 8 heteroatoms. The molecule has 1 unspecified atom stereocenters. The highest BCUT2D eigenvalue weighted by Crippen LogP contribution is 2.41. The van der Waals surface area contributed by atoms with Gasteiger partial charge in [0.2, 0.25) is 11.0 Å². The average molecular weight is 518 g/mol. The van der Waals surface area contributed by atoms with Crippen LogP contribution in [0.3, 0.4) is 0 Å². The summed E-state index contributed by atoms with van der Waals surface area (Å²) in [4.78, 5) is 17.2. The van der Waals surface area contributed by atoms with E-state index in [4.69, 9.17) is 10.1 Å². The second-order valence-corrected chi connectivity index (χ2v) is 9.56. The van der Waals surface area contributed by atoms with Crippen LogP contribution in [0.4, 0.5) is 5.82 Å². The summed E-state index contributed by atoms with van der Waals surface area (Å²) in [7, 11) is 0. The molecule has 4 aromatic rings. The van der Waals surface area contributed by atoms with Gasteiger partial charge in [0.05, 0.1) is 15.9 Å². The van der Waals surface area contributed by atoms with Gasteiger partial charge in [0.25, 0.3) is 0 Å². The Morgan fingerprint density at radius 3 is 2.68 bits per heavy atom. The normalized spacial score (nSPS) is 16.2. The Labute approximate surface area is 182 Å². The summed E-state index contributed by atoms with van der Waals surface area (Å²) in [6, 6.07) is 14.1. The lowest BCUT2D eigenvalue weighted by Gasteiger charge is -2.24. The van der Waals surface area contributed by atoms with Crippen molar-refractivity contribution < 1.29 is 4.79 Å². The number of rotatable bonds is 2. The van der Waals surface area contributed by atoms with E-state index < -0.39 is 0 Å². The number of nitrogens with zero attached hydrogens (tertiary/aromatic N) is 3. The monoisotopic (exact) mass is 516 g/mol. The molecule has 1 aliphatic rings. The van der Waals surface area contributed by atoms with Crippen molar-refractivity contribution >= 4 is 65.1 Å². The Balaban J connectivity index is 1.67. The molecule has 5 nitrogen and oxygen atoms in total. The van der Waals surface area contributed by atoms with Crippen LogP contribution in [0.25, 0.3) is 15.3 Å². The molecule has 140 valence electrons. The zero-order chi connectivity index (χ0) is 19.4. The number of carbonyl (C=O) groups excluding carboxylic acids is 1. The topological polar surface area (TPSA) is 59.8 Å². The van der Waals surface area contributed by atoms with E-state index in [1.54, 1.807) is 16.0 Å². The smallest absolute Gasteiger partial charge is 0.226 e. The van der Waals surface area contributed by atoms with Gasteiger partial charge in [-0.1, -0.05) is 55.3 Å². The molecule has 1 aliphatic heterocycles. The predicted octanol–water partition coefficient (Wildman–Crippen LogP) is 5.79. The first kappa shape index (κ1) is 18.0. The van der Waals surface area contributed by atoms with Gasteiger partial charge in [-0.15, -0.1) is 0 Å². The van der Waals surface area contributed by atoms with Gasteiger partial charge in [-0.05, 0) is 42.8 Å². The minimum absolute atomic E-state index is 0.00887. The van der Waals surface area contributed by atoms with Crippen molar-refractivity contribution in [3.05, 3.63) is 68.2 Å². The number of hydrogen-bond acceptors (Lipinski definition) is 4. The van der Waals surface area contributed by atoms with Crippen LogP contribution >= 0.6 is 43.2 Å². The minimum Gasteiger partial charge on any atom is -0.310 e. The minimum atomic E-state index is -0.0193. The maximum atomic E-state index is 12.5. The summed E-state index contributed by atoms with van der Waals surface area (Å²) >= 11 is 8.54. The molecule has 0 saturated heterocycles. The van der Waals surface area contributed by atoms with Crippen molar-refractivity contribution in [3.8, 4) is 5.13 Å². The fourth-order valence-electron chi connectivity index (χ4n) is 3.64. The summed E-state index contributed by atoms with van der Waals surface area (Å²) in [5.74, 6) is 0.694. The first-order chi connectivity index (χ1) is 13.5. The van der Waals surface area contributed by atoms with Crippen LogP contribution in [0.2, 0.25) is 0 Å². The van der Waals surface area contributed by atoms with E-state index in [0.717, 1.165) is 46.9 Å². The molecule has 0 radical (unpaired) electrons. The van der Waals surface area contributed by atoms with Gasteiger partial charge in [0, 0.05) is 26.8 Å². The van der Waals surface area contributed by atoms with Crippen LogP contribution in [0.1, 0.15) is 29.2 Å². The van der Waals surface area contributed by atoms with E-state index in [0.29, 0.717) is 6.42 Å². The average Bonchev–Trinajstić information content (AvgIpc) is 3.22. The van der Waals surface area contributed by atoms with Crippen LogP contribution < -0.4 is 5.32 Å². The molecule has 1 amide bonds. The standard InChI is InChI=1S/C20H14Br2N4OS/c1-10-18-14(11-2-4-12(21)5-3-11)9-17(27)24-19(18)26(25-10)20-23-15-7-6-13(22)8-16(15)28-20/h2-8,14H,9H2,1H3,(H,24,27). The van der Waals surface area contributed by atoms with E-state index in [1.165, 1.54) is 0 Å². The number of aromatic nitrogens is 3. The highest BCUT2D eigenvalue weighted by molar-refractivity contribution is 9.10. The predicted molar refractivity (Wildman–Crippen MR) is 118 cm³/mol. The van der Waals surface area contributed by atoms with E-state index in [1.807, 2.05) is 37.3 Å². The highest BCUT2D eigenvalue weighted by Gasteiger charge is 2.33. The molecule has 0 spiro atoms. The number of benzene rings is 2. The highest BCUT2D eigenvalue weighted by atomic mass is 79.9. The molecular formula is C20H14Br2N4OS. The molecule has 2 aromatic carbocycles. The molecule has 3 heterocycles. The van der Waals surface area contributed by atoms with E-state index >= 15 is 0 Å². The summed E-state index contributed by atoms with van der Waals surface area (Å²) in [6.07, 6.45) is 0.411. The molecular weight excluding hydrogens is 504 g/mol. The van der Waals surface area contributed by atoms with Gasteiger partial charge in [-0.25, -0.2) is 4.98 Å². The van der Waals surface area contributed by atoms with Gasteiger partial charge in [-0.2, -0.15) is 9.78 Å². The molecule has 1 atom stereocenters. The van der Waals surface area contributed by atoms with Gasteiger partial charge in [-0.3, -0.25) is 4.79 Å². The Bertz CT molecular complexity index is 1230. The maximum Gasteiger partial charge on any atom is 0.226 e. The van der Waals surface area contributed by atoms with E-state index in [-0.39, 0.29) is 11.8 Å². The third-order valence-corrected chi connectivity index (χ3v) is 6.91. The number of thiazole rings is 1. The first-order valence-corrected chi connectivity index (χ1v) is 11.1. The quantitative estimate of drug-likeness (QED) is 0.366. The Morgan fingerprint density at radius 1 is 1.14 bits per heavy atom. The lowest BCUT2D eigenvalue weighted by atomic mass is 9.86. The molecule has 2 aromatic heterocycles. The van der Waals surface area contributed by atoms with Gasteiger partial charge in [0.1, 0.15) is 5.82 Å². The Morgan fingerprint density at radius 2 is 1.89 bits per heavy atom. The molecule has 0 bridgehead atoms. The molecule has 0 saturated carbocycles. The largest absolute Gasteiger partial charge is 0.310 e. The van der Waals surface area contributed by atoms with Crippen LogP contribution in [-0.4, -0.2) is 20.7 Å². The lowest BCUT2D eigenvalue weighted by molar-refractivity contribution is -0.116. The second kappa shape index (κ2) is 6.79. The number of hydrogen-bond donors (Lipinski definition) is 1. The Hall–Kier alpha value is -2.03. The molecule has 28 heavy (non-hydrogen) atoms. The van der Waals surface area contributed by atoms with Crippen LogP contribution in [-0.2, 0) is 4.79 Å². The molecule has 0 aliphatic carbocycles. The summed E-state index contributed by atoms with van der Waals surface area (Å²) in [5, 5.41) is 8.51. The van der Waals surface area contributed by atoms with Crippen molar-refractivity contribution in [2.24, 2.45) is 0 Å². The Kier molecular flexibility index (Phi) is 4.37. The van der Waals surface area contributed by atoms with Crippen LogP contribution in [0.5, 0.6) is 0 Å². The fourth-order valence-corrected chi connectivity index (χ4v) is 5.38. The van der Waals surface area contributed by atoms with Gasteiger partial charge in [0.15, 0.2) is 0 Å². The second-order valence-electron chi connectivity index (χ2n) is 6.72. The number of amides is 1. The third-order valence-electron chi connectivity index (χ3n) is 4.90. The van der Waals surface area contributed by atoms with E-state index in [9.17, 15) is 4.79 Å². The maximum absolute atomic E-state index is 12.5. The number of carbonyl (C=O) groups is 1. The number of anilines is 1. The van der Waals surface area contributed by atoms with Crippen molar-refractivity contribution in [3.63, 3.8) is 0 Å². The van der Waals surface area contributed by atoms with Crippen LogP contribution in [0.15, 0.2) is 51.4 Å². The SMILES string of the molecule is Cc1nn(-c2nc3ccc(Br)cc3s2)c2c1C(c1ccc(Br)cc1)CC(=O)N2. The van der Waals surface area contributed by atoms with Crippen molar-refractivity contribution in [1.29, 1.82) is 0 Å². The summed E-state index contributed by atoms with van der Waals surface area (Å²) < 4.78 is 4.87. The first-order valence-electron chi connectivity index (χ1n) is 8.71.